The first kappa shape index (κ1) is 18.6. The number of piperidine rings is 1. The molecule has 26 heavy (non-hydrogen) atoms. The molecule has 0 radical (unpaired) electrons. The van der Waals surface area contributed by atoms with E-state index in [1.54, 1.807) is 24.0 Å². The van der Waals surface area contributed by atoms with Crippen molar-refractivity contribution in [2.24, 2.45) is 5.92 Å². The van der Waals surface area contributed by atoms with Crippen LogP contribution in [0.15, 0.2) is 18.2 Å². The standard InChI is InChI=1S/C19H26FN3O3/c1-14-12-15(2-3-17(14)20)13-21-19(25)23-6-4-16(5-7-23)18(24)22-8-10-26-11-9-22/h2-3,12,16H,4-11,13H2,1H3,(H,21,25). The van der Waals surface area contributed by atoms with Crippen LogP contribution in [0.3, 0.4) is 0 Å². The summed E-state index contributed by atoms with van der Waals surface area (Å²) in [6, 6.07) is 4.70. The van der Waals surface area contributed by atoms with Crippen LogP contribution >= 0.6 is 0 Å². The summed E-state index contributed by atoms with van der Waals surface area (Å²) < 4.78 is 18.6. The molecule has 2 heterocycles. The molecule has 1 N–H and O–H groups in total. The second-order valence-corrected chi connectivity index (χ2v) is 6.94. The van der Waals surface area contributed by atoms with Crippen LogP contribution in [0.1, 0.15) is 24.0 Å². The number of hydrogen-bond donors (Lipinski definition) is 1. The van der Waals surface area contributed by atoms with E-state index in [0.29, 0.717) is 64.3 Å². The number of nitrogens with one attached hydrogen (secondary N) is 1. The van der Waals surface area contributed by atoms with Gasteiger partial charge in [-0.2, -0.15) is 0 Å². The molecule has 0 aliphatic carbocycles. The van der Waals surface area contributed by atoms with Gasteiger partial charge in [0.15, 0.2) is 0 Å². The topological polar surface area (TPSA) is 61.9 Å². The van der Waals surface area contributed by atoms with Crippen molar-refractivity contribution in [3.8, 4) is 0 Å². The van der Waals surface area contributed by atoms with Gasteiger partial charge in [0.25, 0.3) is 0 Å². The molecule has 0 bridgehead atoms. The van der Waals surface area contributed by atoms with Crippen LogP contribution < -0.4 is 5.32 Å². The van der Waals surface area contributed by atoms with E-state index in [1.165, 1.54) is 6.07 Å². The van der Waals surface area contributed by atoms with Gasteiger partial charge in [0, 0.05) is 38.6 Å². The first-order valence-corrected chi connectivity index (χ1v) is 9.19. The first-order chi connectivity index (χ1) is 12.5. The lowest BCUT2D eigenvalue weighted by molar-refractivity contribution is -0.141. The zero-order chi connectivity index (χ0) is 18.5. The van der Waals surface area contributed by atoms with Crippen molar-refractivity contribution in [3.63, 3.8) is 0 Å². The predicted octanol–water partition coefficient (Wildman–Crippen LogP) is 1.91. The number of rotatable bonds is 3. The SMILES string of the molecule is Cc1cc(CNC(=O)N2CCC(C(=O)N3CCOCC3)CC2)ccc1F. The van der Waals surface area contributed by atoms with Crippen LogP contribution in [-0.4, -0.2) is 61.1 Å². The monoisotopic (exact) mass is 363 g/mol. The van der Waals surface area contributed by atoms with Crippen molar-refractivity contribution in [1.82, 2.24) is 15.1 Å². The number of hydrogen-bond acceptors (Lipinski definition) is 3. The van der Waals surface area contributed by atoms with E-state index in [9.17, 15) is 14.0 Å². The minimum atomic E-state index is -0.243. The Hall–Kier alpha value is -2.15. The molecule has 2 aliphatic rings. The zero-order valence-electron chi connectivity index (χ0n) is 15.2. The Morgan fingerprint density at radius 3 is 2.50 bits per heavy atom. The van der Waals surface area contributed by atoms with Crippen LogP contribution in [0.5, 0.6) is 0 Å². The maximum atomic E-state index is 13.3. The Bertz CT molecular complexity index is 653. The third-order valence-corrected chi connectivity index (χ3v) is 5.12. The van der Waals surface area contributed by atoms with Crippen LogP contribution in [0, 0.1) is 18.7 Å². The van der Waals surface area contributed by atoms with Crippen molar-refractivity contribution in [1.29, 1.82) is 0 Å². The Balaban J connectivity index is 1.44. The van der Waals surface area contributed by atoms with Gasteiger partial charge in [0.1, 0.15) is 5.82 Å². The molecule has 142 valence electrons. The molecular formula is C19H26FN3O3. The Kier molecular flexibility index (Phi) is 6.08. The van der Waals surface area contributed by atoms with Crippen LogP contribution in [0.4, 0.5) is 9.18 Å². The molecule has 0 unspecified atom stereocenters. The largest absolute Gasteiger partial charge is 0.378 e. The molecule has 0 saturated carbocycles. The molecular weight excluding hydrogens is 337 g/mol. The van der Waals surface area contributed by atoms with Gasteiger partial charge in [-0.15, -0.1) is 0 Å². The Labute approximate surface area is 153 Å². The highest BCUT2D eigenvalue weighted by Crippen LogP contribution is 2.20. The molecule has 1 aromatic carbocycles. The Morgan fingerprint density at radius 1 is 1.15 bits per heavy atom. The number of amides is 3. The summed E-state index contributed by atoms with van der Waals surface area (Å²) in [6.45, 7) is 5.77. The van der Waals surface area contributed by atoms with Gasteiger partial charge >= 0.3 is 6.03 Å². The van der Waals surface area contributed by atoms with Gasteiger partial charge in [-0.3, -0.25) is 4.79 Å². The number of morpholine rings is 1. The second kappa shape index (κ2) is 8.49. The molecule has 3 rings (SSSR count). The number of urea groups is 1. The number of carbonyl (C=O) groups excluding carboxylic acids is 2. The van der Waals surface area contributed by atoms with Crippen molar-refractivity contribution in [2.45, 2.75) is 26.3 Å². The van der Waals surface area contributed by atoms with Gasteiger partial charge in [0.05, 0.1) is 13.2 Å². The number of benzene rings is 1. The van der Waals surface area contributed by atoms with Gasteiger partial charge in [-0.05, 0) is 37.0 Å². The molecule has 1 aromatic rings. The predicted molar refractivity (Wildman–Crippen MR) is 95.1 cm³/mol. The quantitative estimate of drug-likeness (QED) is 0.892. The normalized spacial score (nSPS) is 18.7. The third-order valence-electron chi connectivity index (χ3n) is 5.12. The molecule has 7 heteroatoms. The second-order valence-electron chi connectivity index (χ2n) is 6.94. The molecule has 2 saturated heterocycles. The van der Waals surface area contributed by atoms with Crippen molar-refractivity contribution in [3.05, 3.63) is 35.1 Å². The summed E-state index contributed by atoms with van der Waals surface area (Å²) in [6.07, 6.45) is 1.39. The molecule has 2 aliphatic heterocycles. The highest BCUT2D eigenvalue weighted by molar-refractivity contribution is 5.80. The number of halogens is 1. The minimum absolute atomic E-state index is 0.00287. The summed E-state index contributed by atoms with van der Waals surface area (Å²) in [5.41, 5.74) is 1.44. The van der Waals surface area contributed by atoms with Gasteiger partial charge in [0.2, 0.25) is 5.91 Å². The maximum Gasteiger partial charge on any atom is 0.317 e. The fraction of sp³-hybridized carbons (Fsp3) is 0.579. The molecule has 2 fully saturated rings. The smallest absolute Gasteiger partial charge is 0.317 e. The van der Waals surface area contributed by atoms with Gasteiger partial charge < -0.3 is 19.9 Å². The van der Waals surface area contributed by atoms with Crippen molar-refractivity contribution >= 4 is 11.9 Å². The van der Waals surface area contributed by atoms with E-state index < -0.39 is 0 Å². The fourth-order valence-electron chi connectivity index (χ4n) is 3.48. The number of carbonyl (C=O) groups is 2. The molecule has 0 atom stereocenters. The average Bonchev–Trinajstić information content (AvgIpc) is 2.69. The summed E-state index contributed by atoms with van der Waals surface area (Å²) in [5, 5.41) is 2.88. The van der Waals surface area contributed by atoms with E-state index in [2.05, 4.69) is 5.32 Å². The number of aryl methyl sites for hydroxylation is 1. The zero-order valence-corrected chi connectivity index (χ0v) is 15.2. The highest BCUT2D eigenvalue weighted by Gasteiger charge is 2.30. The Morgan fingerprint density at radius 2 is 1.85 bits per heavy atom. The van der Waals surface area contributed by atoms with E-state index in [0.717, 1.165) is 5.56 Å². The molecule has 0 aromatic heterocycles. The van der Waals surface area contributed by atoms with E-state index >= 15 is 0 Å². The summed E-state index contributed by atoms with van der Waals surface area (Å²) in [5.74, 6) is -0.0564. The molecule has 0 spiro atoms. The van der Waals surface area contributed by atoms with Crippen LogP contribution in [-0.2, 0) is 16.1 Å². The lowest BCUT2D eigenvalue weighted by atomic mass is 9.95. The van der Waals surface area contributed by atoms with E-state index in [-0.39, 0.29) is 23.7 Å². The number of ether oxygens (including phenoxy) is 1. The first-order valence-electron chi connectivity index (χ1n) is 9.19. The average molecular weight is 363 g/mol. The summed E-state index contributed by atoms with van der Waals surface area (Å²) in [4.78, 5) is 28.5. The molecule has 3 amide bonds. The third kappa shape index (κ3) is 4.52. The number of nitrogens with zero attached hydrogens (tertiary/aromatic N) is 2. The van der Waals surface area contributed by atoms with Crippen LogP contribution in [0.2, 0.25) is 0 Å². The minimum Gasteiger partial charge on any atom is -0.378 e. The van der Waals surface area contributed by atoms with Crippen LogP contribution in [0.25, 0.3) is 0 Å². The number of likely N-dealkylation sites (tertiary alicyclic amines) is 1. The summed E-state index contributed by atoms with van der Waals surface area (Å²) in [7, 11) is 0. The lowest BCUT2D eigenvalue weighted by Gasteiger charge is -2.35. The maximum absolute atomic E-state index is 13.3. The highest BCUT2D eigenvalue weighted by atomic mass is 19.1. The van der Waals surface area contributed by atoms with Gasteiger partial charge in [-0.1, -0.05) is 12.1 Å². The molecule has 6 nitrogen and oxygen atoms in total. The lowest BCUT2D eigenvalue weighted by Crippen LogP contribution is -2.49. The van der Waals surface area contributed by atoms with Gasteiger partial charge in [-0.25, -0.2) is 9.18 Å². The van der Waals surface area contributed by atoms with E-state index in [4.69, 9.17) is 4.74 Å². The summed E-state index contributed by atoms with van der Waals surface area (Å²) >= 11 is 0. The van der Waals surface area contributed by atoms with Crippen molar-refractivity contribution < 1.29 is 18.7 Å². The fourth-order valence-corrected chi connectivity index (χ4v) is 3.48. The van der Waals surface area contributed by atoms with E-state index in [1.807, 2.05) is 4.90 Å². The van der Waals surface area contributed by atoms with Crippen molar-refractivity contribution in [2.75, 3.05) is 39.4 Å².